The molecule has 1 atom stereocenters. The Kier molecular flexibility index (Phi) is 17.2. The summed E-state index contributed by atoms with van der Waals surface area (Å²) in [5.74, 6) is 0. The molecule has 0 aromatic carbocycles. The first-order valence-electron chi connectivity index (χ1n) is 10.3. The van der Waals surface area contributed by atoms with E-state index in [1.54, 1.807) is 0 Å². The van der Waals surface area contributed by atoms with Crippen molar-refractivity contribution in [1.82, 2.24) is 0 Å². The summed E-state index contributed by atoms with van der Waals surface area (Å²) in [4.78, 5) is 0. The van der Waals surface area contributed by atoms with Crippen LogP contribution in [0.1, 0.15) is 110 Å². The lowest BCUT2D eigenvalue weighted by atomic mass is 10.0. The highest BCUT2D eigenvalue weighted by molar-refractivity contribution is 9.10. The molecule has 0 nitrogen and oxygen atoms in total. The molecular weight excluding hydrogens is 384 g/mol. The zero-order valence-corrected chi connectivity index (χ0v) is 19.5. The van der Waals surface area contributed by atoms with Crippen LogP contribution in [0.2, 0.25) is 13.1 Å². The van der Waals surface area contributed by atoms with Crippen molar-refractivity contribution in [2.24, 2.45) is 0 Å². The number of unbranched alkanes of at least 4 members (excludes halogenated alkanes) is 14. The SMILES string of the molecule is CCCCCCCCCCCCCCCCC[C@H](Br)[Si](C)(C)Cl. The monoisotopic (exact) mass is 424 g/mol. The predicted octanol–water partition coefficient (Wildman–Crippen LogP) is 8.99. The Hall–Kier alpha value is 0.987. The fourth-order valence-corrected chi connectivity index (χ4v) is 4.58. The van der Waals surface area contributed by atoms with Crippen LogP contribution in [0.3, 0.4) is 0 Å². The Bertz CT molecular complexity index is 240. The average molecular weight is 426 g/mol. The molecule has 0 saturated heterocycles. The van der Waals surface area contributed by atoms with Gasteiger partial charge < -0.3 is 0 Å². The van der Waals surface area contributed by atoms with Crippen LogP contribution in [0, 0.1) is 0 Å². The van der Waals surface area contributed by atoms with Gasteiger partial charge in [-0.15, -0.1) is 0 Å². The molecule has 0 aliphatic carbocycles. The van der Waals surface area contributed by atoms with Crippen molar-refractivity contribution in [2.45, 2.75) is 127 Å². The summed E-state index contributed by atoms with van der Waals surface area (Å²) in [5.41, 5.74) is 0. The van der Waals surface area contributed by atoms with Gasteiger partial charge in [0.2, 0.25) is 0 Å². The number of hydrogen-bond donors (Lipinski definition) is 0. The second-order valence-electron chi connectivity index (χ2n) is 7.77. The van der Waals surface area contributed by atoms with E-state index in [1.165, 1.54) is 103 Å². The van der Waals surface area contributed by atoms with Crippen LogP contribution in [-0.2, 0) is 0 Å². The van der Waals surface area contributed by atoms with Gasteiger partial charge in [0, 0.05) is 4.45 Å². The molecular formula is C20H42BrClSi. The minimum absolute atomic E-state index is 0.582. The minimum Gasteiger partial charge on any atom is -0.166 e. The summed E-state index contributed by atoms with van der Waals surface area (Å²) >= 11 is 10.2. The van der Waals surface area contributed by atoms with Crippen molar-refractivity contribution in [3.8, 4) is 0 Å². The Morgan fingerprint density at radius 3 is 1.26 bits per heavy atom. The fourth-order valence-electron chi connectivity index (χ4n) is 3.04. The van der Waals surface area contributed by atoms with Crippen molar-refractivity contribution in [2.75, 3.05) is 0 Å². The van der Waals surface area contributed by atoms with Gasteiger partial charge in [0.25, 0.3) is 0 Å². The van der Waals surface area contributed by atoms with E-state index < -0.39 is 7.38 Å². The van der Waals surface area contributed by atoms with Crippen molar-refractivity contribution < 1.29 is 0 Å². The van der Waals surface area contributed by atoms with Gasteiger partial charge in [0.05, 0.1) is 0 Å². The molecule has 23 heavy (non-hydrogen) atoms. The molecule has 0 aromatic heterocycles. The number of hydrogen-bond acceptors (Lipinski definition) is 0. The van der Waals surface area contributed by atoms with Gasteiger partial charge in [-0.3, -0.25) is 0 Å². The highest BCUT2D eigenvalue weighted by atomic mass is 79.9. The molecule has 3 heteroatoms. The molecule has 0 aromatic rings. The highest BCUT2D eigenvalue weighted by Gasteiger charge is 2.26. The lowest BCUT2D eigenvalue weighted by Crippen LogP contribution is -2.30. The first-order chi connectivity index (χ1) is 11.0. The molecule has 0 saturated carbocycles. The molecule has 0 aliphatic rings. The molecule has 0 aliphatic heterocycles. The maximum atomic E-state index is 6.44. The molecule has 0 spiro atoms. The van der Waals surface area contributed by atoms with Gasteiger partial charge in [-0.05, 0) is 6.42 Å². The first-order valence-corrected chi connectivity index (χ1v) is 15.3. The maximum Gasteiger partial charge on any atom is 0.163 e. The van der Waals surface area contributed by atoms with Crippen LogP contribution >= 0.6 is 27.0 Å². The molecule has 0 bridgehead atoms. The predicted molar refractivity (Wildman–Crippen MR) is 116 cm³/mol. The summed E-state index contributed by atoms with van der Waals surface area (Å²) in [5, 5.41) is 0. The quantitative estimate of drug-likeness (QED) is 0.0943. The topological polar surface area (TPSA) is 0 Å². The highest BCUT2D eigenvalue weighted by Crippen LogP contribution is 2.25. The third kappa shape index (κ3) is 17.6. The molecule has 0 amide bonds. The van der Waals surface area contributed by atoms with Gasteiger partial charge in [0.15, 0.2) is 7.38 Å². The zero-order valence-electron chi connectivity index (χ0n) is 16.1. The van der Waals surface area contributed by atoms with Crippen LogP contribution in [0.5, 0.6) is 0 Å². The smallest absolute Gasteiger partial charge is 0.163 e. The molecule has 0 heterocycles. The lowest BCUT2D eigenvalue weighted by Gasteiger charge is -2.20. The molecule has 140 valence electrons. The summed E-state index contributed by atoms with van der Waals surface area (Å²) in [7, 11) is -1.48. The third-order valence-electron chi connectivity index (χ3n) is 4.81. The first kappa shape index (κ1) is 24.0. The second-order valence-corrected chi connectivity index (χ2v) is 16.5. The normalized spacial score (nSPS) is 13.4. The van der Waals surface area contributed by atoms with Gasteiger partial charge in [-0.25, -0.2) is 0 Å². The molecule has 0 rings (SSSR count). The lowest BCUT2D eigenvalue weighted by molar-refractivity contribution is 0.531. The standard InChI is InChI=1S/C20H42BrClSi/c1-4-5-6-7-8-9-10-11-12-13-14-15-16-17-18-19-20(21)23(2,3)22/h20H,4-19H2,1-3H3/t20-/m1/s1. The van der Waals surface area contributed by atoms with Crippen LogP contribution in [0.15, 0.2) is 0 Å². The zero-order chi connectivity index (χ0) is 17.4. The van der Waals surface area contributed by atoms with E-state index in [1.807, 2.05) is 0 Å². The van der Waals surface area contributed by atoms with Crippen LogP contribution < -0.4 is 0 Å². The van der Waals surface area contributed by atoms with E-state index in [2.05, 4.69) is 35.9 Å². The van der Waals surface area contributed by atoms with Crippen molar-refractivity contribution in [1.29, 1.82) is 0 Å². The molecule has 0 fully saturated rings. The maximum absolute atomic E-state index is 6.44. The summed E-state index contributed by atoms with van der Waals surface area (Å²) in [6.45, 7) is 6.76. The van der Waals surface area contributed by atoms with Gasteiger partial charge in [-0.2, -0.15) is 11.1 Å². The fraction of sp³-hybridized carbons (Fsp3) is 1.00. The van der Waals surface area contributed by atoms with Crippen molar-refractivity contribution >= 4 is 34.4 Å². The Balaban J connectivity index is 3.11. The summed E-state index contributed by atoms with van der Waals surface area (Å²) in [6.07, 6.45) is 22.8. The van der Waals surface area contributed by atoms with E-state index in [9.17, 15) is 0 Å². The summed E-state index contributed by atoms with van der Waals surface area (Å²) in [6, 6.07) is 0. The van der Waals surface area contributed by atoms with E-state index in [4.69, 9.17) is 11.1 Å². The Labute approximate surface area is 161 Å². The van der Waals surface area contributed by atoms with Gasteiger partial charge in [-0.1, -0.05) is 132 Å². The second kappa shape index (κ2) is 16.5. The largest absolute Gasteiger partial charge is 0.166 e. The third-order valence-corrected chi connectivity index (χ3v) is 12.1. The van der Waals surface area contributed by atoms with E-state index in [0.29, 0.717) is 4.45 Å². The van der Waals surface area contributed by atoms with E-state index in [0.717, 1.165) is 0 Å². The van der Waals surface area contributed by atoms with E-state index >= 15 is 0 Å². The van der Waals surface area contributed by atoms with Gasteiger partial charge >= 0.3 is 0 Å². The van der Waals surface area contributed by atoms with Crippen LogP contribution in [-0.4, -0.2) is 11.8 Å². The number of halogens is 2. The Morgan fingerprint density at radius 1 is 0.652 bits per heavy atom. The number of alkyl halides is 1. The number of rotatable bonds is 17. The van der Waals surface area contributed by atoms with Crippen molar-refractivity contribution in [3.05, 3.63) is 0 Å². The van der Waals surface area contributed by atoms with Crippen LogP contribution in [0.25, 0.3) is 0 Å². The molecule has 0 unspecified atom stereocenters. The average Bonchev–Trinajstić information content (AvgIpc) is 2.50. The van der Waals surface area contributed by atoms with Crippen LogP contribution in [0.4, 0.5) is 0 Å². The Morgan fingerprint density at radius 2 is 0.957 bits per heavy atom. The van der Waals surface area contributed by atoms with Crippen molar-refractivity contribution in [3.63, 3.8) is 0 Å². The molecule has 0 N–H and O–H groups in total. The van der Waals surface area contributed by atoms with Gasteiger partial charge in [0.1, 0.15) is 0 Å². The summed E-state index contributed by atoms with van der Waals surface area (Å²) < 4.78 is 0.582. The molecule has 0 radical (unpaired) electrons. The minimum atomic E-state index is -1.48. The van der Waals surface area contributed by atoms with E-state index in [-0.39, 0.29) is 0 Å².